The monoisotopic (exact) mass is 387 g/mol. The summed E-state index contributed by atoms with van der Waals surface area (Å²) in [5, 5.41) is 8.97. The first kappa shape index (κ1) is 17.2. The summed E-state index contributed by atoms with van der Waals surface area (Å²) in [5.74, 6) is 0.768. The first-order chi connectivity index (χ1) is 11.6. The lowest BCUT2D eigenvalue weighted by Gasteiger charge is -2.03. The Morgan fingerprint density at radius 3 is 2.42 bits per heavy atom. The molecule has 0 radical (unpaired) electrons. The van der Waals surface area contributed by atoms with Crippen molar-refractivity contribution in [1.29, 1.82) is 0 Å². The van der Waals surface area contributed by atoms with Crippen LogP contribution in [0.3, 0.4) is 0 Å². The van der Waals surface area contributed by atoms with Gasteiger partial charge in [0.15, 0.2) is 0 Å². The van der Waals surface area contributed by atoms with E-state index in [1.807, 2.05) is 12.5 Å². The van der Waals surface area contributed by atoms with Gasteiger partial charge in [0.2, 0.25) is 5.89 Å². The molecule has 24 heavy (non-hydrogen) atoms. The Bertz CT molecular complexity index is 800. The molecule has 0 spiro atoms. The Balaban J connectivity index is 1.90. The predicted molar refractivity (Wildman–Crippen MR) is 91.0 cm³/mol. The lowest BCUT2D eigenvalue weighted by atomic mass is 10.2. The van der Waals surface area contributed by atoms with E-state index in [4.69, 9.17) is 4.42 Å². The smallest absolute Gasteiger partial charge is 0.387 e. The summed E-state index contributed by atoms with van der Waals surface area (Å²) in [5.41, 5.74) is 1.45. The molecule has 0 unspecified atom stereocenters. The molecule has 0 saturated heterocycles. The van der Waals surface area contributed by atoms with Gasteiger partial charge in [-0.05, 0) is 48.3 Å². The van der Waals surface area contributed by atoms with Gasteiger partial charge in [0.05, 0.1) is 9.77 Å². The number of halogens is 2. The SMILES string of the molecule is CSc1nsc(SC)c1-c1nnc(-c2ccc(OC(F)F)cc2)o1. The van der Waals surface area contributed by atoms with Gasteiger partial charge in [-0.2, -0.15) is 13.2 Å². The Kier molecular flexibility index (Phi) is 5.36. The maximum Gasteiger partial charge on any atom is 0.387 e. The first-order valence-electron chi connectivity index (χ1n) is 6.59. The standard InChI is InChI=1S/C14H11F2N3O2S3/c1-22-12-9(13(23-2)24-19-12)11-18-17-10(21-11)7-3-5-8(6-4-7)20-14(15)16/h3-6,14H,1-2H3. The van der Waals surface area contributed by atoms with Crippen LogP contribution in [-0.2, 0) is 0 Å². The van der Waals surface area contributed by atoms with Crippen LogP contribution in [0, 0.1) is 0 Å². The van der Waals surface area contributed by atoms with Crippen LogP contribution in [0.2, 0.25) is 0 Å². The summed E-state index contributed by atoms with van der Waals surface area (Å²) in [6.45, 7) is -2.85. The Labute approximate surface area is 149 Å². The Hall–Kier alpha value is -1.65. The van der Waals surface area contributed by atoms with Gasteiger partial charge in [0.25, 0.3) is 5.89 Å². The number of benzene rings is 1. The summed E-state index contributed by atoms with van der Waals surface area (Å²) in [7, 11) is 0. The molecule has 0 aliphatic heterocycles. The zero-order valence-corrected chi connectivity index (χ0v) is 15.0. The van der Waals surface area contributed by atoms with Crippen LogP contribution >= 0.6 is 35.1 Å². The highest BCUT2D eigenvalue weighted by Gasteiger charge is 2.21. The number of alkyl halides is 2. The average Bonchev–Trinajstić information content (AvgIpc) is 3.21. The number of aromatic nitrogens is 3. The van der Waals surface area contributed by atoms with Crippen LogP contribution in [0.15, 0.2) is 37.9 Å². The van der Waals surface area contributed by atoms with Gasteiger partial charge < -0.3 is 9.15 Å². The normalized spacial score (nSPS) is 11.2. The van der Waals surface area contributed by atoms with E-state index in [0.717, 1.165) is 14.8 Å². The molecule has 0 fully saturated rings. The molecule has 0 amide bonds. The molecule has 0 aliphatic rings. The zero-order valence-electron chi connectivity index (χ0n) is 12.5. The highest BCUT2D eigenvalue weighted by Crippen LogP contribution is 2.40. The molecule has 0 bridgehead atoms. The molecular formula is C14H11F2N3O2S3. The molecule has 10 heteroatoms. The molecule has 1 aromatic carbocycles. The largest absolute Gasteiger partial charge is 0.435 e. The number of hydrogen-bond donors (Lipinski definition) is 0. The number of nitrogens with zero attached hydrogens (tertiary/aromatic N) is 3. The molecule has 0 N–H and O–H groups in total. The lowest BCUT2D eigenvalue weighted by molar-refractivity contribution is -0.0498. The van der Waals surface area contributed by atoms with E-state index >= 15 is 0 Å². The summed E-state index contributed by atoms with van der Waals surface area (Å²) >= 11 is 4.46. The fourth-order valence-electron chi connectivity index (χ4n) is 1.94. The van der Waals surface area contributed by atoms with Gasteiger partial charge in [-0.15, -0.1) is 33.7 Å². The summed E-state index contributed by atoms with van der Waals surface area (Å²) in [6.07, 6.45) is 3.89. The van der Waals surface area contributed by atoms with Gasteiger partial charge in [-0.3, -0.25) is 0 Å². The first-order valence-corrected chi connectivity index (χ1v) is 9.81. The van der Waals surface area contributed by atoms with Gasteiger partial charge in [0, 0.05) is 5.56 Å². The second-order valence-corrected chi connectivity index (χ2v) is 7.02. The van der Waals surface area contributed by atoms with Gasteiger partial charge in [-0.1, -0.05) is 0 Å². The van der Waals surface area contributed by atoms with E-state index in [9.17, 15) is 8.78 Å². The van der Waals surface area contributed by atoms with Crippen molar-refractivity contribution in [3.05, 3.63) is 24.3 Å². The summed E-state index contributed by atoms with van der Waals surface area (Å²) in [6, 6.07) is 6.04. The molecule has 2 heterocycles. The van der Waals surface area contributed by atoms with Crippen molar-refractivity contribution >= 4 is 35.1 Å². The second-order valence-electron chi connectivity index (χ2n) is 4.37. The van der Waals surface area contributed by atoms with Crippen molar-refractivity contribution in [1.82, 2.24) is 14.6 Å². The zero-order chi connectivity index (χ0) is 17.1. The Morgan fingerprint density at radius 2 is 1.79 bits per heavy atom. The van der Waals surface area contributed by atoms with Crippen molar-refractivity contribution in [2.24, 2.45) is 0 Å². The van der Waals surface area contributed by atoms with Crippen LogP contribution in [0.1, 0.15) is 0 Å². The van der Waals surface area contributed by atoms with Crippen molar-refractivity contribution < 1.29 is 17.9 Å². The molecular weight excluding hydrogens is 376 g/mol. The van der Waals surface area contributed by atoms with E-state index < -0.39 is 6.61 Å². The molecule has 5 nitrogen and oxygen atoms in total. The summed E-state index contributed by atoms with van der Waals surface area (Å²) < 4.78 is 39.8. The van der Waals surface area contributed by atoms with Crippen LogP contribution in [0.5, 0.6) is 5.75 Å². The van der Waals surface area contributed by atoms with E-state index in [-0.39, 0.29) is 5.75 Å². The molecule has 2 aromatic heterocycles. The molecule has 0 saturated carbocycles. The van der Waals surface area contributed by atoms with Crippen molar-refractivity contribution in [3.63, 3.8) is 0 Å². The third kappa shape index (κ3) is 3.55. The van der Waals surface area contributed by atoms with E-state index in [0.29, 0.717) is 17.3 Å². The maximum absolute atomic E-state index is 12.2. The highest BCUT2D eigenvalue weighted by atomic mass is 32.2. The van der Waals surface area contributed by atoms with Gasteiger partial charge >= 0.3 is 6.61 Å². The third-order valence-corrected chi connectivity index (χ3v) is 5.71. The van der Waals surface area contributed by atoms with Gasteiger partial charge in [-0.25, -0.2) is 0 Å². The molecule has 3 rings (SSSR count). The molecule has 126 valence electrons. The molecule has 0 atom stereocenters. The second kappa shape index (κ2) is 7.49. The number of thioether (sulfide) groups is 2. The number of rotatable bonds is 6. The van der Waals surface area contributed by atoms with E-state index in [1.165, 1.54) is 35.4 Å². The van der Waals surface area contributed by atoms with Crippen molar-refractivity contribution in [3.8, 4) is 28.7 Å². The van der Waals surface area contributed by atoms with Crippen LogP contribution in [0.25, 0.3) is 22.9 Å². The van der Waals surface area contributed by atoms with Crippen molar-refractivity contribution in [2.45, 2.75) is 15.8 Å². The molecule has 0 aliphatic carbocycles. The average molecular weight is 387 g/mol. The van der Waals surface area contributed by atoms with E-state index in [1.54, 1.807) is 23.9 Å². The lowest BCUT2D eigenvalue weighted by Crippen LogP contribution is -2.01. The van der Waals surface area contributed by atoms with Crippen molar-refractivity contribution in [2.75, 3.05) is 12.5 Å². The van der Waals surface area contributed by atoms with Crippen LogP contribution < -0.4 is 4.74 Å². The predicted octanol–water partition coefficient (Wildman–Crippen LogP) is 4.91. The topological polar surface area (TPSA) is 61.0 Å². The van der Waals surface area contributed by atoms with Crippen LogP contribution in [-0.4, -0.2) is 33.7 Å². The minimum absolute atomic E-state index is 0.0739. The number of hydrogen-bond acceptors (Lipinski definition) is 8. The van der Waals surface area contributed by atoms with Gasteiger partial charge in [0.1, 0.15) is 10.8 Å². The Morgan fingerprint density at radius 1 is 1.08 bits per heavy atom. The van der Waals surface area contributed by atoms with Crippen LogP contribution in [0.4, 0.5) is 8.78 Å². The quantitative estimate of drug-likeness (QED) is 0.557. The maximum atomic E-state index is 12.2. The fraction of sp³-hybridized carbons (Fsp3) is 0.214. The third-order valence-electron chi connectivity index (χ3n) is 2.97. The fourth-order valence-corrected chi connectivity index (χ4v) is 4.20. The highest BCUT2D eigenvalue weighted by molar-refractivity contribution is 8.01. The molecule has 3 aromatic rings. The summed E-state index contributed by atoms with van der Waals surface area (Å²) in [4.78, 5) is 0. The van der Waals surface area contributed by atoms with E-state index in [2.05, 4.69) is 19.3 Å². The minimum Gasteiger partial charge on any atom is -0.435 e. The minimum atomic E-state index is -2.85. The number of ether oxygens (including phenoxy) is 1.